The summed E-state index contributed by atoms with van der Waals surface area (Å²) in [5.41, 5.74) is 1.30. The minimum absolute atomic E-state index is 0.0173. The first-order chi connectivity index (χ1) is 14.6. The van der Waals surface area contributed by atoms with Crippen molar-refractivity contribution in [2.45, 2.75) is 45.3 Å². The molecule has 1 atom stereocenters. The molecule has 2 aliphatic heterocycles. The second-order valence-electron chi connectivity index (χ2n) is 8.41. The Labute approximate surface area is 181 Å². The molecule has 2 fully saturated rings. The van der Waals surface area contributed by atoms with Crippen molar-refractivity contribution in [3.05, 3.63) is 51.7 Å². The van der Waals surface area contributed by atoms with E-state index < -0.39 is 0 Å². The van der Waals surface area contributed by atoms with E-state index in [1.165, 1.54) is 17.4 Å². The Morgan fingerprint density at radius 1 is 1.27 bits per heavy atom. The zero-order valence-corrected chi connectivity index (χ0v) is 18.4. The summed E-state index contributed by atoms with van der Waals surface area (Å²) in [7, 11) is 0. The maximum absolute atomic E-state index is 14.0. The van der Waals surface area contributed by atoms with Crippen molar-refractivity contribution in [2.75, 3.05) is 32.8 Å². The highest BCUT2D eigenvalue weighted by Crippen LogP contribution is 2.23. The Morgan fingerprint density at radius 3 is 2.73 bits per heavy atom. The van der Waals surface area contributed by atoms with Crippen molar-refractivity contribution >= 4 is 17.2 Å². The summed E-state index contributed by atoms with van der Waals surface area (Å²) >= 11 is 1.51. The van der Waals surface area contributed by atoms with Gasteiger partial charge in [-0.2, -0.15) is 0 Å². The maximum atomic E-state index is 14.0. The van der Waals surface area contributed by atoms with Gasteiger partial charge in [0.25, 0.3) is 5.91 Å². The third-order valence-corrected chi connectivity index (χ3v) is 6.88. The molecule has 0 N–H and O–H groups in total. The van der Waals surface area contributed by atoms with Crippen LogP contribution in [0.5, 0.6) is 0 Å². The molecular weight excluding hydrogens is 401 g/mol. The predicted octanol–water partition coefficient (Wildman–Crippen LogP) is 4.12. The SMILES string of the molecule is Cc1nc(C(=O)N(CC2CCN(Cc3ccccc3F)CC2)C[C@@H]2CCCO2)cs1. The molecule has 0 bridgehead atoms. The smallest absolute Gasteiger partial charge is 0.273 e. The Balaban J connectivity index is 1.34. The third kappa shape index (κ3) is 5.45. The summed E-state index contributed by atoms with van der Waals surface area (Å²) in [6.45, 7) is 6.60. The Morgan fingerprint density at radius 2 is 2.07 bits per heavy atom. The standard InChI is InChI=1S/C23H30FN3O2S/c1-17-25-22(16-30-17)23(28)27(15-20-6-4-12-29-20)13-18-8-10-26(11-9-18)14-19-5-2-3-7-21(19)24/h2-3,5,7,16,18,20H,4,6,8-15H2,1H3/t20-/m0/s1. The normalized spacial score (nSPS) is 20.5. The van der Waals surface area contributed by atoms with Gasteiger partial charge in [0.1, 0.15) is 11.5 Å². The Kier molecular flexibility index (Phi) is 7.12. The number of carbonyl (C=O) groups is 1. The number of ether oxygens (including phenoxy) is 1. The molecular formula is C23H30FN3O2S. The van der Waals surface area contributed by atoms with Gasteiger partial charge >= 0.3 is 0 Å². The number of carbonyl (C=O) groups excluding carboxylic acids is 1. The number of nitrogens with zero attached hydrogens (tertiary/aromatic N) is 3. The summed E-state index contributed by atoms with van der Waals surface area (Å²) in [6, 6.07) is 7.00. The number of aromatic nitrogens is 1. The van der Waals surface area contributed by atoms with Crippen molar-refractivity contribution < 1.29 is 13.9 Å². The van der Waals surface area contributed by atoms with Crippen LogP contribution in [0.4, 0.5) is 4.39 Å². The van der Waals surface area contributed by atoms with Crippen LogP contribution in [-0.4, -0.2) is 59.6 Å². The molecule has 4 rings (SSSR count). The fourth-order valence-electron chi connectivity index (χ4n) is 4.40. The van der Waals surface area contributed by atoms with E-state index in [-0.39, 0.29) is 17.8 Å². The third-order valence-electron chi connectivity index (χ3n) is 6.11. The average molecular weight is 432 g/mol. The molecule has 0 unspecified atom stereocenters. The number of benzene rings is 1. The lowest BCUT2D eigenvalue weighted by Crippen LogP contribution is -2.43. The number of piperidine rings is 1. The molecule has 1 aromatic carbocycles. The van der Waals surface area contributed by atoms with E-state index in [2.05, 4.69) is 9.88 Å². The molecule has 2 aliphatic rings. The first kappa shape index (κ1) is 21.4. The Hall–Kier alpha value is -1.83. The molecule has 2 saturated heterocycles. The van der Waals surface area contributed by atoms with Gasteiger partial charge in [-0.05, 0) is 57.7 Å². The quantitative estimate of drug-likeness (QED) is 0.662. The van der Waals surface area contributed by atoms with Crippen molar-refractivity contribution in [2.24, 2.45) is 5.92 Å². The monoisotopic (exact) mass is 431 g/mol. The van der Waals surface area contributed by atoms with Gasteiger partial charge in [0, 0.05) is 37.2 Å². The number of hydrogen-bond acceptors (Lipinski definition) is 5. The summed E-state index contributed by atoms with van der Waals surface area (Å²) in [5.74, 6) is 0.335. The van der Waals surface area contributed by atoms with Crippen LogP contribution < -0.4 is 0 Å². The first-order valence-corrected chi connectivity index (χ1v) is 11.7. The van der Waals surface area contributed by atoms with Crippen LogP contribution in [0.15, 0.2) is 29.6 Å². The van der Waals surface area contributed by atoms with Crippen LogP contribution in [0.3, 0.4) is 0 Å². The van der Waals surface area contributed by atoms with Crippen LogP contribution in [0, 0.1) is 18.7 Å². The highest BCUT2D eigenvalue weighted by Gasteiger charge is 2.28. The van der Waals surface area contributed by atoms with Gasteiger partial charge in [0.05, 0.1) is 11.1 Å². The van der Waals surface area contributed by atoms with Gasteiger partial charge in [-0.15, -0.1) is 11.3 Å². The molecule has 1 amide bonds. The summed E-state index contributed by atoms with van der Waals surface area (Å²) in [4.78, 5) is 21.8. The van der Waals surface area contributed by atoms with Crippen LogP contribution in [0.2, 0.25) is 0 Å². The van der Waals surface area contributed by atoms with E-state index in [0.29, 0.717) is 24.7 Å². The summed E-state index contributed by atoms with van der Waals surface area (Å²) < 4.78 is 19.8. The number of halogens is 1. The molecule has 2 aromatic rings. The van der Waals surface area contributed by atoms with Gasteiger partial charge in [-0.1, -0.05) is 18.2 Å². The number of hydrogen-bond donors (Lipinski definition) is 0. The topological polar surface area (TPSA) is 45.7 Å². The van der Waals surface area contributed by atoms with Crippen molar-refractivity contribution in [1.82, 2.24) is 14.8 Å². The van der Waals surface area contributed by atoms with Crippen molar-refractivity contribution in [1.29, 1.82) is 0 Å². The summed E-state index contributed by atoms with van der Waals surface area (Å²) in [6.07, 6.45) is 4.24. The number of amides is 1. The number of likely N-dealkylation sites (tertiary alicyclic amines) is 1. The van der Waals surface area contributed by atoms with Gasteiger partial charge in [0.2, 0.25) is 0 Å². The van der Waals surface area contributed by atoms with E-state index in [1.807, 2.05) is 29.3 Å². The molecule has 0 radical (unpaired) electrons. The van der Waals surface area contributed by atoms with Crippen LogP contribution in [-0.2, 0) is 11.3 Å². The fraction of sp³-hybridized carbons (Fsp3) is 0.565. The molecule has 5 nitrogen and oxygen atoms in total. The largest absolute Gasteiger partial charge is 0.376 e. The van der Waals surface area contributed by atoms with Crippen LogP contribution in [0.1, 0.15) is 46.7 Å². The van der Waals surface area contributed by atoms with E-state index in [1.54, 1.807) is 6.07 Å². The highest BCUT2D eigenvalue weighted by molar-refractivity contribution is 7.09. The van der Waals surface area contributed by atoms with Crippen LogP contribution >= 0.6 is 11.3 Å². The molecule has 1 aromatic heterocycles. The molecule has 7 heteroatoms. The van der Waals surface area contributed by atoms with E-state index in [0.717, 1.165) is 62.5 Å². The van der Waals surface area contributed by atoms with Crippen molar-refractivity contribution in [3.63, 3.8) is 0 Å². The lowest BCUT2D eigenvalue weighted by molar-refractivity contribution is 0.0440. The molecule has 0 aliphatic carbocycles. The first-order valence-electron chi connectivity index (χ1n) is 10.9. The molecule has 3 heterocycles. The average Bonchev–Trinajstić information content (AvgIpc) is 3.42. The maximum Gasteiger partial charge on any atom is 0.273 e. The molecule has 0 saturated carbocycles. The van der Waals surface area contributed by atoms with E-state index in [4.69, 9.17) is 4.74 Å². The number of thiazole rings is 1. The lowest BCUT2D eigenvalue weighted by Gasteiger charge is -2.35. The molecule has 30 heavy (non-hydrogen) atoms. The van der Waals surface area contributed by atoms with Crippen molar-refractivity contribution in [3.8, 4) is 0 Å². The highest BCUT2D eigenvalue weighted by atomic mass is 32.1. The number of aryl methyl sites for hydroxylation is 1. The van der Waals surface area contributed by atoms with E-state index >= 15 is 0 Å². The zero-order chi connectivity index (χ0) is 20.9. The Bertz CT molecular complexity index is 844. The lowest BCUT2D eigenvalue weighted by atomic mass is 9.95. The predicted molar refractivity (Wildman–Crippen MR) is 116 cm³/mol. The number of rotatable bonds is 7. The van der Waals surface area contributed by atoms with Gasteiger partial charge in [0.15, 0.2) is 0 Å². The van der Waals surface area contributed by atoms with Crippen LogP contribution in [0.25, 0.3) is 0 Å². The second-order valence-corrected chi connectivity index (χ2v) is 9.47. The van der Waals surface area contributed by atoms with E-state index in [9.17, 15) is 9.18 Å². The molecule has 162 valence electrons. The fourth-order valence-corrected chi connectivity index (χ4v) is 4.99. The minimum Gasteiger partial charge on any atom is -0.376 e. The van der Waals surface area contributed by atoms with Gasteiger partial charge in [-0.25, -0.2) is 9.37 Å². The second kappa shape index (κ2) is 9.98. The zero-order valence-electron chi connectivity index (χ0n) is 17.6. The summed E-state index contributed by atoms with van der Waals surface area (Å²) in [5, 5.41) is 2.77. The molecule has 0 spiro atoms. The van der Waals surface area contributed by atoms with Gasteiger partial charge < -0.3 is 9.64 Å². The minimum atomic E-state index is -0.133. The van der Waals surface area contributed by atoms with Gasteiger partial charge in [-0.3, -0.25) is 9.69 Å².